The fraction of sp³-hybridized carbons (Fsp3) is 0.500. The SMILES string of the molecule is CN(C)C(C)(C)C(=O)Cc1cccc(C(F)(F)F)c1. The number of halogens is 3. The van der Waals surface area contributed by atoms with Crippen LogP contribution in [0, 0.1) is 0 Å². The molecule has 0 amide bonds. The standard InChI is InChI=1S/C14H18F3NO/c1-13(2,18(3)4)12(19)9-10-6-5-7-11(8-10)14(15,16)17/h5-8H,9H2,1-4H3. The summed E-state index contributed by atoms with van der Waals surface area (Å²) in [5.41, 5.74) is -1.04. The Morgan fingerprint density at radius 3 is 2.26 bits per heavy atom. The van der Waals surface area contributed by atoms with Gasteiger partial charge in [0.2, 0.25) is 0 Å². The zero-order valence-corrected chi connectivity index (χ0v) is 11.5. The number of rotatable bonds is 4. The van der Waals surface area contributed by atoms with Crippen molar-refractivity contribution in [2.24, 2.45) is 0 Å². The minimum atomic E-state index is -4.38. The molecule has 0 aliphatic heterocycles. The molecule has 0 saturated heterocycles. The largest absolute Gasteiger partial charge is 0.416 e. The van der Waals surface area contributed by atoms with Gasteiger partial charge in [0.1, 0.15) is 0 Å². The molecule has 1 rings (SSSR count). The van der Waals surface area contributed by atoms with Crippen LogP contribution in [-0.4, -0.2) is 30.3 Å². The third-order valence-corrected chi connectivity index (χ3v) is 3.42. The molecule has 1 aromatic carbocycles. The van der Waals surface area contributed by atoms with E-state index in [2.05, 4.69) is 0 Å². The van der Waals surface area contributed by atoms with E-state index < -0.39 is 17.3 Å². The van der Waals surface area contributed by atoms with Gasteiger partial charge in [0, 0.05) is 6.42 Å². The normalized spacial score (nSPS) is 12.8. The van der Waals surface area contributed by atoms with Crippen molar-refractivity contribution in [3.8, 4) is 0 Å². The highest BCUT2D eigenvalue weighted by Crippen LogP contribution is 2.30. The lowest BCUT2D eigenvalue weighted by Gasteiger charge is -2.31. The Bertz CT molecular complexity index is 464. The van der Waals surface area contributed by atoms with Crippen LogP contribution in [0.5, 0.6) is 0 Å². The lowest BCUT2D eigenvalue weighted by Crippen LogP contribution is -2.46. The molecule has 0 radical (unpaired) electrons. The molecule has 0 spiro atoms. The summed E-state index contributed by atoms with van der Waals surface area (Å²) in [6.45, 7) is 3.51. The third kappa shape index (κ3) is 3.80. The molecule has 1 aromatic rings. The van der Waals surface area contributed by atoms with E-state index in [1.165, 1.54) is 6.07 Å². The Hall–Kier alpha value is -1.36. The molecule has 0 unspecified atom stereocenters. The Labute approximate surface area is 111 Å². The molecule has 0 bridgehead atoms. The Kier molecular flexibility index (Phi) is 4.40. The van der Waals surface area contributed by atoms with Gasteiger partial charge in [-0.15, -0.1) is 0 Å². The smallest absolute Gasteiger partial charge is 0.298 e. The van der Waals surface area contributed by atoms with Gasteiger partial charge in [-0.05, 0) is 39.6 Å². The minimum Gasteiger partial charge on any atom is -0.298 e. The second kappa shape index (κ2) is 5.33. The van der Waals surface area contributed by atoms with Crippen LogP contribution in [-0.2, 0) is 17.4 Å². The highest BCUT2D eigenvalue weighted by molar-refractivity contribution is 5.89. The molecule has 0 atom stereocenters. The number of Topliss-reactive ketones (excluding diaryl/α,β-unsaturated/α-hetero) is 1. The number of nitrogens with zero attached hydrogens (tertiary/aromatic N) is 1. The van der Waals surface area contributed by atoms with E-state index in [9.17, 15) is 18.0 Å². The molecule has 0 N–H and O–H groups in total. The van der Waals surface area contributed by atoms with Crippen LogP contribution < -0.4 is 0 Å². The number of benzene rings is 1. The summed E-state index contributed by atoms with van der Waals surface area (Å²) in [7, 11) is 3.54. The first kappa shape index (κ1) is 15.7. The summed E-state index contributed by atoms with van der Waals surface area (Å²) >= 11 is 0. The molecule has 0 heterocycles. The summed E-state index contributed by atoms with van der Waals surface area (Å²) in [6, 6.07) is 4.90. The van der Waals surface area contributed by atoms with Gasteiger partial charge in [-0.2, -0.15) is 13.2 Å². The van der Waals surface area contributed by atoms with Crippen LogP contribution in [0.25, 0.3) is 0 Å². The van der Waals surface area contributed by atoms with Crippen molar-refractivity contribution in [1.82, 2.24) is 4.90 Å². The first-order chi connectivity index (χ1) is 8.55. The van der Waals surface area contributed by atoms with Gasteiger partial charge in [-0.1, -0.05) is 18.2 Å². The summed E-state index contributed by atoms with van der Waals surface area (Å²) in [4.78, 5) is 13.9. The fourth-order valence-corrected chi connectivity index (χ4v) is 1.51. The lowest BCUT2D eigenvalue weighted by molar-refractivity contribution is -0.137. The molecule has 2 nitrogen and oxygen atoms in total. The average Bonchev–Trinajstić information content (AvgIpc) is 2.27. The average molecular weight is 273 g/mol. The quantitative estimate of drug-likeness (QED) is 0.840. The molecule has 0 aliphatic carbocycles. The maximum absolute atomic E-state index is 12.6. The Balaban J connectivity index is 2.93. The van der Waals surface area contributed by atoms with Crippen molar-refractivity contribution in [3.63, 3.8) is 0 Å². The minimum absolute atomic E-state index is 0.00486. The van der Waals surface area contributed by atoms with Crippen molar-refractivity contribution in [2.75, 3.05) is 14.1 Å². The summed E-state index contributed by atoms with van der Waals surface area (Å²) in [5, 5.41) is 0. The summed E-state index contributed by atoms with van der Waals surface area (Å²) < 4.78 is 37.7. The Morgan fingerprint density at radius 2 is 1.79 bits per heavy atom. The maximum Gasteiger partial charge on any atom is 0.416 e. The molecule has 19 heavy (non-hydrogen) atoms. The Morgan fingerprint density at radius 1 is 1.21 bits per heavy atom. The van der Waals surface area contributed by atoms with Crippen molar-refractivity contribution in [2.45, 2.75) is 32.0 Å². The summed E-state index contributed by atoms with van der Waals surface area (Å²) in [6.07, 6.45) is -4.38. The molecule has 0 aromatic heterocycles. The van der Waals surface area contributed by atoms with Gasteiger partial charge >= 0.3 is 6.18 Å². The van der Waals surface area contributed by atoms with E-state index in [1.54, 1.807) is 38.9 Å². The molecular formula is C14H18F3NO. The predicted molar refractivity (Wildman–Crippen MR) is 67.9 cm³/mol. The van der Waals surface area contributed by atoms with Crippen molar-refractivity contribution in [1.29, 1.82) is 0 Å². The first-order valence-corrected chi connectivity index (χ1v) is 5.92. The van der Waals surface area contributed by atoms with Crippen LogP contribution >= 0.6 is 0 Å². The highest BCUT2D eigenvalue weighted by Gasteiger charge is 2.32. The second-order valence-electron chi connectivity index (χ2n) is 5.25. The number of hydrogen-bond donors (Lipinski definition) is 0. The number of hydrogen-bond acceptors (Lipinski definition) is 2. The maximum atomic E-state index is 12.6. The van der Waals surface area contributed by atoms with Crippen LogP contribution in [0.4, 0.5) is 13.2 Å². The van der Waals surface area contributed by atoms with E-state index in [4.69, 9.17) is 0 Å². The topological polar surface area (TPSA) is 20.3 Å². The van der Waals surface area contributed by atoms with Gasteiger partial charge < -0.3 is 0 Å². The van der Waals surface area contributed by atoms with E-state index in [1.807, 2.05) is 0 Å². The number of ketones is 1. The predicted octanol–water partition coefficient (Wildman–Crippen LogP) is 3.16. The van der Waals surface area contributed by atoms with Gasteiger partial charge in [-0.3, -0.25) is 9.69 Å². The van der Waals surface area contributed by atoms with E-state index in [0.29, 0.717) is 5.56 Å². The molecular weight excluding hydrogens is 255 g/mol. The third-order valence-electron chi connectivity index (χ3n) is 3.42. The second-order valence-corrected chi connectivity index (χ2v) is 5.25. The van der Waals surface area contributed by atoms with Crippen LogP contribution in [0.3, 0.4) is 0 Å². The van der Waals surface area contributed by atoms with Crippen molar-refractivity contribution < 1.29 is 18.0 Å². The molecule has 5 heteroatoms. The monoisotopic (exact) mass is 273 g/mol. The zero-order valence-electron chi connectivity index (χ0n) is 11.5. The molecule has 0 fully saturated rings. The molecule has 106 valence electrons. The van der Waals surface area contributed by atoms with E-state index >= 15 is 0 Å². The van der Waals surface area contributed by atoms with Crippen molar-refractivity contribution in [3.05, 3.63) is 35.4 Å². The zero-order chi connectivity index (χ0) is 14.8. The number of likely N-dealkylation sites (N-methyl/N-ethyl adjacent to an activating group) is 1. The van der Waals surface area contributed by atoms with Gasteiger partial charge in [0.15, 0.2) is 5.78 Å². The lowest BCUT2D eigenvalue weighted by atomic mass is 9.92. The number of carbonyl (C=O) groups is 1. The van der Waals surface area contributed by atoms with Crippen LogP contribution in [0.1, 0.15) is 25.0 Å². The fourth-order valence-electron chi connectivity index (χ4n) is 1.51. The van der Waals surface area contributed by atoms with Crippen molar-refractivity contribution >= 4 is 5.78 Å². The van der Waals surface area contributed by atoms with Gasteiger partial charge in [0.05, 0.1) is 11.1 Å². The van der Waals surface area contributed by atoms with Gasteiger partial charge in [-0.25, -0.2) is 0 Å². The van der Waals surface area contributed by atoms with E-state index in [-0.39, 0.29) is 12.2 Å². The van der Waals surface area contributed by atoms with Crippen LogP contribution in [0.15, 0.2) is 24.3 Å². The molecule has 0 aliphatic rings. The van der Waals surface area contributed by atoms with Crippen LogP contribution in [0.2, 0.25) is 0 Å². The summed E-state index contributed by atoms with van der Waals surface area (Å²) in [5.74, 6) is -0.114. The molecule has 0 saturated carbocycles. The number of carbonyl (C=O) groups excluding carboxylic acids is 1. The first-order valence-electron chi connectivity index (χ1n) is 5.92. The number of alkyl halides is 3. The highest BCUT2D eigenvalue weighted by atomic mass is 19.4. The van der Waals surface area contributed by atoms with E-state index in [0.717, 1.165) is 12.1 Å². The van der Waals surface area contributed by atoms with Gasteiger partial charge in [0.25, 0.3) is 0 Å².